The molecule has 2 heterocycles. The van der Waals surface area contributed by atoms with E-state index in [0.717, 1.165) is 11.8 Å². The minimum absolute atomic E-state index is 0.00395. The predicted molar refractivity (Wildman–Crippen MR) is 118 cm³/mol. The van der Waals surface area contributed by atoms with Gasteiger partial charge in [-0.05, 0) is 37.3 Å². The first-order chi connectivity index (χ1) is 15.6. The van der Waals surface area contributed by atoms with Crippen molar-refractivity contribution < 1.29 is 27.2 Å². The number of nitrogens with zero attached hydrogens (tertiary/aromatic N) is 3. The average Bonchev–Trinajstić information content (AvgIpc) is 3.15. The highest BCUT2D eigenvalue weighted by atomic mass is 35.5. The van der Waals surface area contributed by atoms with Crippen LogP contribution in [0.15, 0.2) is 47.0 Å². The SMILES string of the molecule is Cc1onc(-c2ccccc2OC(F)(F)F)c1C(=O)N1CCN(c2ccc(Cl)c(Cl)c2)CC1. The molecule has 1 aromatic heterocycles. The van der Waals surface area contributed by atoms with Crippen molar-refractivity contribution in [2.45, 2.75) is 13.3 Å². The number of benzene rings is 2. The van der Waals surface area contributed by atoms with Gasteiger partial charge < -0.3 is 19.1 Å². The molecule has 1 aliphatic heterocycles. The summed E-state index contributed by atoms with van der Waals surface area (Å²) in [5.41, 5.74) is 1.02. The molecule has 174 valence electrons. The first-order valence-corrected chi connectivity index (χ1v) is 10.7. The standard InChI is InChI=1S/C22H18Cl2F3N3O3/c1-13-19(20(28-33-13)15-4-2-3-5-18(15)32-22(25,26)27)21(31)30-10-8-29(9-11-30)14-6-7-16(23)17(24)12-14/h2-7,12H,8-11H2,1H3. The van der Waals surface area contributed by atoms with Gasteiger partial charge in [0.05, 0.1) is 10.0 Å². The van der Waals surface area contributed by atoms with Crippen molar-refractivity contribution in [1.29, 1.82) is 0 Å². The molecule has 0 spiro atoms. The van der Waals surface area contributed by atoms with Crippen LogP contribution in [0.3, 0.4) is 0 Å². The molecule has 11 heteroatoms. The summed E-state index contributed by atoms with van der Waals surface area (Å²) in [6.45, 7) is 3.41. The molecular weight excluding hydrogens is 482 g/mol. The molecule has 1 aliphatic rings. The van der Waals surface area contributed by atoms with Gasteiger partial charge >= 0.3 is 6.36 Å². The fourth-order valence-electron chi connectivity index (χ4n) is 3.69. The average molecular weight is 500 g/mol. The summed E-state index contributed by atoms with van der Waals surface area (Å²) in [7, 11) is 0. The first kappa shape index (κ1) is 23.3. The second-order valence-corrected chi connectivity index (χ2v) is 8.20. The lowest BCUT2D eigenvalue weighted by molar-refractivity contribution is -0.274. The number of hydrogen-bond acceptors (Lipinski definition) is 5. The number of hydrogen-bond donors (Lipinski definition) is 0. The van der Waals surface area contributed by atoms with Crippen molar-refractivity contribution in [2.24, 2.45) is 0 Å². The van der Waals surface area contributed by atoms with Gasteiger partial charge in [0.15, 0.2) is 0 Å². The Bertz CT molecular complexity index is 1180. The van der Waals surface area contributed by atoms with Gasteiger partial charge in [0.25, 0.3) is 5.91 Å². The Morgan fingerprint density at radius 2 is 1.76 bits per heavy atom. The molecule has 6 nitrogen and oxygen atoms in total. The predicted octanol–water partition coefficient (Wildman–Crippen LogP) is 5.82. The Labute approximate surface area is 197 Å². The summed E-state index contributed by atoms with van der Waals surface area (Å²) in [5.74, 6) is -0.625. The summed E-state index contributed by atoms with van der Waals surface area (Å²) < 4.78 is 47.9. The van der Waals surface area contributed by atoms with E-state index < -0.39 is 12.1 Å². The lowest BCUT2D eigenvalue weighted by atomic mass is 10.0. The molecular formula is C22H18Cl2F3N3O3. The maximum absolute atomic E-state index is 13.3. The largest absolute Gasteiger partial charge is 0.573 e. The second-order valence-electron chi connectivity index (χ2n) is 7.38. The normalized spacial score (nSPS) is 14.5. The number of rotatable bonds is 4. The zero-order chi connectivity index (χ0) is 23.8. The molecule has 0 atom stereocenters. The van der Waals surface area contributed by atoms with E-state index >= 15 is 0 Å². The zero-order valence-electron chi connectivity index (χ0n) is 17.3. The second kappa shape index (κ2) is 9.15. The van der Waals surface area contributed by atoms with Crippen molar-refractivity contribution >= 4 is 34.8 Å². The monoisotopic (exact) mass is 499 g/mol. The van der Waals surface area contributed by atoms with E-state index in [1.807, 2.05) is 6.07 Å². The van der Waals surface area contributed by atoms with Gasteiger partial charge in [-0.15, -0.1) is 13.2 Å². The molecule has 33 heavy (non-hydrogen) atoms. The number of carbonyl (C=O) groups is 1. The molecule has 0 unspecified atom stereocenters. The van der Waals surface area contributed by atoms with Crippen molar-refractivity contribution in [3.8, 4) is 17.0 Å². The van der Waals surface area contributed by atoms with Crippen LogP contribution < -0.4 is 9.64 Å². The van der Waals surface area contributed by atoms with Crippen molar-refractivity contribution in [3.63, 3.8) is 0 Å². The highest BCUT2D eigenvalue weighted by Gasteiger charge is 2.34. The summed E-state index contributed by atoms with van der Waals surface area (Å²) in [4.78, 5) is 17.0. The quantitative estimate of drug-likeness (QED) is 0.452. The Morgan fingerprint density at radius 3 is 2.42 bits per heavy atom. The molecule has 0 N–H and O–H groups in total. The molecule has 1 fully saturated rings. The van der Waals surface area contributed by atoms with Gasteiger partial charge in [0, 0.05) is 37.4 Å². The summed E-state index contributed by atoms with van der Waals surface area (Å²) >= 11 is 12.1. The van der Waals surface area contributed by atoms with Crippen LogP contribution in [-0.4, -0.2) is 48.5 Å². The van der Waals surface area contributed by atoms with Crippen LogP contribution in [-0.2, 0) is 0 Å². The van der Waals surface area contributed by atoms with Crippen molar-refractivity contribution in [1.82, 2.24) is 10.1 Å². The molecule has 0 bridgehead atoms. The number of anilines is 1. The molecule has 3 aromatic rings. The topological polar surface area (TPSA) is 58.8 Å². The van der Waals surface area contributed by atoms with Gasteiger partial charge in [-0.1, -0.05) is 40.5 Å². The molecule has 2 aromatic carbocycles. The van der Waals surface area contributed by atoms with Gasteiger partial charge in [0.1, 0.15) is 22.8 Å². The molecule has 1 amide bonds. The third-order valence-corrected chi connectivity index (χ3v) is 6.02. The lowest BCUT2D eigenvalue weighted by Crippen LogP contribution is -2.49. The number of carbonyl (C=O) groups excluding carboxylic acids is 1. The fraction of sp³-hybridized carbons (Fsp3) is 0.273. The van der Waals surface area contributed by atoms with E-state index in [9.17, 15) is 18.0 Å². The fourth-order valence-corrected chi connectivity index (χ4v) is 3.98. The van der Waals surface area contributed by atoms with Crippen LogP contribution >= 0.6 is 23.2 Å². The van der Waals surface area contributed by atoms with Crippen LogP contribution in [0.1, 0.15) is 16.1 Å². The molecule has 0 saturated carbocycles. The van der Waals surface area contributed by atoms with Crippen LogP contribution in [0.2, 0.25) is 10.0 Å². The van der Waals surface area contributed by atoms with Gasteiger partial charge in [-0.25, -0.2) is 0 Å². The van der Waals surface area contributed by atoms with Crippen LogP contribution in [0.4, 0.5) is 18.9 Å². The maximum atomic E-state index is 13.3. The highest BCUT2D eigenvalue weighted by Crippen LogP contribution is 2.36. The number of alkyl halides is 3. The number of amides is 1. The maximum Gasteiger partial charge on any atom is 0.573 e. The lowest BCUT2D eigenvalue weighted by Gasteiger charge is -2.36. The third-order valence-electron chi connectivity index (χ3n) is 5.28. The number of piperazine rings is 1. The molecule has 0 aliphatic carbocycles. The number of ether oxygens (including phenoxy) is 1. The van der Waals surface area contributed by atoms with Crippen molar-refractivity contribution in [2.75, 3.05) is 31.1 Å². The third kappa shape index (κ3) is 5.04. The van der Waals surface area contributed by atoms with Gasteiger partial charge in [-0.3, -0.25) is 4.79 Å². The van der Waals surface area contributed by atoms with E-state index in [4.69, 9.17) is 27.7 Å². The summed E-state index contributed by atoms with van der Waals surface area (Å²) in [5, 5.41) is 4.77. The van der Waals surface area contributed by atoms with E-state index in [0.29, 0.717) is 36.2 Å². The molecule has 1 saturated heterocycles. The van der Waals surface area contributed by atoms with E-state index in [-0.39, 0.29) is 28.5 Å². The Hall–Kier alpha value is -2.91. The number of aryl methyl sites for hydroxylation is 1. The van der Waals surface area contributed by atoms with E-state index in [2.05, 4.69) is 14.8 Å². The smallest absolute Gasteiger partial charge is 0.405 e. The van der Waals surface area contributed by atoms with E-state index in [1.54, 1.807) is 24.0 Å². The Kier molecular flexibility index (Phi) is 6.45. The van der Waals surface area contributed by atoms with Gasteiger partial charge in [0.2, 0.25) is 0 Å². The summed E-state index contributed by atoms with van der Waals surface area (Å²) in [6.07, 6.45) is -4.89. The molecule has 4 rings (SSSR count). The summed E-state index contributed by atoms with van der Waals surface area (Å²) in [6, 6.07) is 10.8. The molecule has 0 radical (unpaired) electrons. The zero-order valence-corrected chi connectivity index (χ0v) is 18.8. The number of para-hydroxylation sites is 1. The van der Waals surface area contributed by atoms with Crippen LogP contribution in [0.5, 0.6) is 5.75 Å². The first-order valence-electron chi connectivity index (χ1n) is 9.95. The van der Waals surface area contributed by atoms with E-state index in [1.165, 1.54) is 18.2 Å². The van der Waals surface area contributed by atoms with Crippen LogP contribution in [0.25, 0.3) is 11.3 Å². The number of halogens is 5. The van der Waals surface area contributed by atoms with Gasteiger partial charge in [-0.2, -0.15) is 0 Å². The Balaban J connectivity index is 1.55. The van der Waals surface area contributed by atoms with Crippen molar-refractivity contribution in [3.05, 3.63) is 63.8 Å². The Morgan fingerprint density at radius 1 is 1.06 bits per heavy atom. The van der Waals surface area contributed by atoms with Crippen LogP contribution in [0, 0.1) is 6.92 Å². The minimum atomic E-state index is -4.89. The number of aromatic nitrogens is 1. The highest BCUT2D eigenvalue weighted by molar-refractivity contribution is 6.42. The minimum Gasteiger partial charge on any atom is -0.405 e.